The lowest BCUT2D eigenvalue weighted by atomic mass is 10.2. The molecule has 4 heteroatoms. The van der Waals surface area contributed by atoms with E-state index in [0.29, 0.717) is 5.15 Å². The van der Waals surface area contributed by atoms with Crippen LogP contribution in [0.4, 0.5) is 0 Å². The van der Waals surface area contributed by atoms with E-state index in [2.05, 4.69) is 4.98 Å². The Bertz CT molecular complexity index is 499. The standard InChI is InChI=1S/C10H10ClN3/c11-9-8(10(12)4-5-10)13-7-3-1-2-6-14(7)9/h1-3,6H,4-5,12H2. The van der Waals surface area contributed by atoms with Crippen LogP contribution in [0, 0.1) is 0 Å². The smallest absolute Gasteiger partial charge is 0.138 e. The molecule has 0 amide bonds. The van der Waals surface area contributed by atoms with Gasteiger partial charge in [-0.05, 0) is 25.0 Å². The number of fused-ring (bicyclic) bond motifs is 1. The first-order valence-corrected chi connectivity index (χ1v) is 5.00. The predicted molar refractivity (Wildman–Crippen MR) is 55.3 cm³/mol. The first-order valence-electron chi connectivity index (χ1n) is 4.63. The Morgan fingerprint density at radius 2 is 2.21 bits per heavy atom. The van der Waals surface area contributed by atoms with Gasteiger partial charge in [0, 0.05) is 6.20 Å². The van der Waals surface area contributed by atoms with E-state index in [9.17, 15) is 0 Å². The van der Waals surface area contributed by atoms with E-state index in [1.807, 2.05) is 28.8 Å². The molecule has 14 heavy (non-hydrogen) atoms. The molecule has 1 saturated carbocycles. The van der Waals surface area contributed by atoms with E-state index in [-0.39, 0.29) is 5.54 Å². The van der Waals surface area contributed by atoms with E-state index in [4.69, 9.17) is 17.3 Å². The number of aromatic nitrogens is 2. The lowest BCUT2D eigenvalue weighted by Gasteiger charge is -2.03. The van der Waals surface area contributed by atoms with Gasteiger partial charge < -0.3 is 5.73 Å². The fraction of sp³-hybridized carbons (Fsp3) is 0.300. The van der Waals surface area contributed by atoms with Gasteiger partial charge in [0.25, 0.3) is 0 Å². The molecule has 2 N–H and O–H groups in total. The molecule has 0 aromatic carbocycles. The highest BCUT2D eigenvalue weighted by Crippen LogP contribution is 2.44. The number of hydrogen-bond acceptors (Lipinski definition) is 2. The number of nitrogens with zero attached hydrogens (tertiary/aromatic N) is 2. The summed E-state index contributed by atoms with van der Waals surface area (Å²) in [4.78, 5) is 4.45. The minimum Gasteiger partial charge on any atom is -0.320 e. The average Bonchev–Trinajstić information content (AvgIpc) is 2.84. The molecule has 3 nitrogen and oxygen atoms in total. The minimum absolute atomic E-state index is 0.261. The molecule has 3 rings (SSSR count). The minimum atomic E-state index is -0.261. The van der Waals surface area contributed by atoms with E-state index < -0.39 is 0 Å². The van der Waals surface area contributed by atoms with Crippen molar-refractivity contribution in [2.45, 2.75) is 18.4 Å². The molecular weight excluding hydrogens is 198 g/mol. The third-order valence-electron chi connectivity index (χ3n) is 2.73. The second-order valence-electron chi connectivity index (χ2n) is 3.84. The molecule has 0 aliphatic heterocycles. The predicted octanol–water partition coefficient (Wildman–Crippen LogP) is 1.94. The maximum atomic E-state index is 6.20. The molecule has 0 radical (unpaired) electrons. The molecule has 2 aromatic rings. The molecule has 1 aliphatic carbocycles. The van der Waals surface area contributed by atoms with Gasteiger partial charge in [0.05, 0.1) is 11.2 Å². The topological polar surface area (TPSA) is 43.3 Å². The highest BCUT2D eigenvalue weighted by molar-refractivity contribution is 6.30. The molecule has 2 heterocycles. The lowest BCUT2D eigenvalue weighted by Crippen LogP contribution is -2.19. The summed E-state index contributed by atoms with van der Waals surface area (Å²) >= 11 is 6.20. The summed E-state index contributed by atoms with van der Waals surface area (Å²) < 4.78 is 1.86. The molecule has 2 aromatic heterocycles. The van der Waals surface area contributed by atoms with Gasteiger partial charge in [0.15, 0.2) is 0 Å². The maximum Gasteiger partial charge on any atom is 0.138 e. The van der Waals surface area contributed by atoms with Crippen molar-refractivity contribution < 1.29 is 0 Å². The molecular formula is C10H10ClN3. The monoisotopic (exact) mass is 207 g/mol. The van der Waals surface area contributed by atoms with Crippen molar-refractivity contribution in [3.63, 3.8) is 0 Å². The molecule has 0 unspecified atom stereocenters. The summed E-state index contributed by atoms with van der Waals surface area (Å²) in [6.45, 7) is 0. The molecule has 0 bridgehead atoms. The lowest BCUT2D eigenvalue weighted by molar-refractivity contribution is 0.715. The van der Waals surface area contributed by atoms with Gasteiger partial charge in [-0.2, -0.15) is 0 Å². The van der Waals surface area contributed by atoms with Crippen LogP contribution in [0.2, 0.25) is 5.15 Å². The van der Waals surface area contributed by atoms with E-state index in [0.717, 1.165) is 24.2 Å². The molecule has 1 aliphatic rings. The van der Waals surface area contributed by atoms with E-state index in [1.165, 1.54) is 0 Å². The Labute approximate surface area is 86.5 Å². The largest absolute Gasteiger partial charge is 0.320 e. The Morgan fingerprint density at radius 3 is 2.86 bits per heavy atom. The van der Waals surface area contributed by atoms with Gasteiger partial charge in [-0.3, -0.25) is 4.40 Å². The third kappa shape index (κ3) is 0.996. The molecule has 0 spiro atoms. The van der Waals surface area contributed by atoms with Gasteiger partial charge in [-0.25, -0.2) is 4.98 Å². The van der Waals surface area contributed by atoms with Crippen molar-refractivity contribution in [3.05, 3.63) is 35.2 Å². The SMILES string of the molecule is NC1(c2nc3ccccn3c2Cl)CC1. The Balaban J connectivity index is 2.31. The van der Waals surface area contributed by atoms with Crippen molar-refractivity contribution in [1.82, 2.24) is 9.38 Å². The average molecular weight is 208 g/mol. The van der Waals surface area contributed by atoms with Crippen molar-refractivity contribution in [2.75, 3.05) is 0 Å². The number of rotatable bonds is 1. The zero-order valence-corrected chi connectivity index (χ0v) is 8.33. The first kappa shape index (κ1) is 8.26. The van der Waals surface area contributed by atoms with E-state index >= 15 is 0 Å². The number of imidazole rings is 1. The van der Waals surface area contributed by atoms with Crippen molar-refractivity contribution in [2.24, 2.45) is 5.73 Å². The normalized spacial score (nSPS) is 18.7. The number of hydrogen-bond donors (Lipinski definition) is 1. The van der Waals surface area contributed by atoms with Crippen molar-refractivity contribution in [1.29, 1.82) is 0 Å². The highest BCUT2D eigenvalue weighted by Gasteiger charge is 2.44. The summed E-state index contributed by atoms with van der Waals surface area (Å²) in [5.41, 5.74) is 7.51. The highest BCUT2D eigenvalue weighted by atomic mass is 35.5. The molecule has 0 atom stereocenters. The fourth-order valence-corrected chi connectivity index (χ4v) is 2.03. The van der Waals surface area contributed by atoms with E-state index in [1.54, 1.807) is 0 Å². The second kappa shape index (κ2) is 2.49. The molecule has 0 saturated heterocycles. The summed E-state index contributed by atoms with van der Waals surface area (Å²) in [7, 11) is 0. The van der Waals surface area contributed by atoms with Gasteiger partial charge in [0.1, 0.15) is 10.8 Å². The molecule has 1 fully saturated rings. The second-order valence-corrected chi connectivity index (χ2v) is 4.19. The van der Waals surface area contributed by atoms with Crippen LogP contribution in [0.1, 0.15) is 18.5 Å². The van der Waals surface area contributed by atoms with Crippen LogP contribution < -0.4 is 5.73 Å². The van der Waals surface area contributed by atoms with Gasteiger partial charge in [-0.15, -0.1) is 0 Å². The first-order chi connectivity index (χ1) is 6.71. The summed E-state index contributed by atoms with van der Waals surface area (Å²) in [5, 5.41) is 0.653. The maximum absolute atomic E-state index is 6.20. The summed E-state index contributed by atoms with van der Waals surface area (Å²) in [5.74, 6) is 0. The quantitative estimate of drug-likeness (QED) is 0.777. The number of nitrogens with two attached hydrogens (primary N) is 1. The van der Waals surface area contributed by atoms with Crippen molar-refractivity contribution in [3.8, 4) is 0 Å². The van der Waals surface area contributed by atoms with Crippen molar-refractivity contribution >= 4 is 17.2 Å². The van der Waals surface area contributed by atoms with Gasteiger partial charge >= 0.3 is 0 Å². The summed E-state index contributed by atoms with van der Waals surface area (Å²) in [6, 6.07) is 5.81. The Hall–Kier alpha value is -1.06. The number of pyridine rings is 1. The number of halogens is 1. The van der Waals surface area contributed by atoms with Crippen LogP contribution in [0.25, 0.3) is 5.65 Å². The van der Waals surface area contributed by atoms with Crippen LogP contribution in [-0.2, 0) is 5.54 Å². The fourth-order valence-electron chi connectivity index (χ4n) is 1.65. The Kier molecular flexibility index (Phi) is 1.47. The van der Waals surface area contributed by atoms with Crippen LogP contribution in [0.5, 0.6) is 0 Å². The Morgan fingerprint density at radius 1 is 1.43 bits per heavy atom. The van der Waals surface area contributed by atoms with Crippen LogP contribution >= 0.6 is 11.6 Å². The van der Waals surface area contributed by atoms with Crippen LogP contribution in [-0.4, -0.2) is 9.38 Å². The molecule has 72 valence electrons. The van der Waals surface area contributed by atoms with Crippen LogP contribution in [0.3, 0.4) is 0 Å². The summed E-state index contributed by atoms with van der Waals surface area (Å²) in [6.07, 6.45) is 3.87. The van der Waals surface area contributed by atoms with Gasteiger partial charge in [-0.1, -0.05) is 17.7 Å². The van der Waals surface area contributed by atoms with Crippen LogP contribution in [0.15, 0.2) is 24.4 Å². The van der Waals surface area contributed by atoms with Gasteiger partial charge in [0.2, 0.25) is 0 Å². The zero-order chi connectivity index (χ0) is 9.76. The zero-order valence-electron chi connectivity index (χ0n) is 7.57. The third-order valence-corrected chi connectivity index (χ3v) is 3.09.